The highest BCUT2D eigenvalue weighted by Gasteiger charge is 2.58. The summed E-state index contributed by atoms with van der Waals surface area (Å²) in [6, 6.07) is 0. The van der Waals surface area contributed by atoms with Crippen LogP contribution in [0, 0.1) is 11.3 Å². The quantitative estimate of drug-likeness (QED) is 0.225. The summed E-state index contributed by atoms with van der Waals surface area (Å²) in [5.41, 5.74) is 0.504. The summed E-state index contributed by atoms with van der Waals surface area (Å²) in [6.45, 7) is 25.5. The van der Waals surface area contributed by atoms with Gasteiger partial charge >= 0.3 is 0 Å². The Hall–Kier alpha value is -0.716. The van der Waals surface area contributed by atoms with Gasteiger partial charge in [0.2, 0.25) is 5.79 Å². The molecule has 256 valence electrons. The maximum atomic E-state index is 14.2. The van der Waals surface area contributed by atoms with Gasteiger partial charge in [-0.25, -0.2) is 0 Å². The molecule has 0 spiro atoms. The Labute approximate surface area is 267 Å². The zero-order chi connectivity index (χ0) is 33.3. The van der Waals surface area contributed by atoms with E-state index in [-0.39, 0.29) is 37.1 Å². The SMILES string of the molecule is C=C1C[C@](OC)([C@H](O[Si](C)(C)C)C(=O)N[C@H]2OCO[C@H]3[C@@H]2O[C@H](C[C@H](CO[Si](C)(C)C)OC)C(C)(C)[C@@H]3OC)O[C@H](C)[C@@H]1C. The van der Waals surface area contributed by atoms with Crippen molar-refractivity contribution in [3.05, 3.63) is 12.2 Å². The highest BCUT2D eigenvalue weighted by atomic mass is 28.4. The van der Waals surface area contributed by atoms with Crippen LogP contribution in [0.4, 0.5) is 0 Å². The first kappa shape index (κ1) is 37.7. The average molecular weight is 662 g/mol. The summed E-state index contributed by atoms with van der Waals surface area (Å²) < 4.78 is 55.9. The molecule has 3 aliphatic rings. The van der Waals surface area contributed by atoms with Crippen LogP contribution < -0.4 is 5.32 Å². The van der Waals surface area contributed by atoms with Crippen molar-refractivity contribution in [2.24, 2.45) is 11.3 Å². The number of fused-ring (bicyclic) bond motifs is 1. The van der Waals surface area contributed by atoms with Gasteiger partial charge in [-0.15, -0.1) is 0 Å². The molecular formula is C31H59NO10Si2. The van der Waals surface area contributed by atoms with Gasteiger partial charge in [-0.2, -0.15) is 0 Å². The van der Waals surface area contributed by atoms with Crippen LogP contribution in [-0.4, -0.2) is 112 Å². The first-order valence-corrected chi connectivity index (χ1v) is 22.6. The van der Waals surface area contributed by atoms with Gasteiger partial charge in [0, 0.05) is 45.5 Å². The number of nitrogens with one attached hydrogen (secondary N) is 1. The summed E-state index contributed by atoms with van der Waals surface area (Å²) in [4.78, 5) is 14.2. The third kappa shape index (κ3) is 8.79. The highest BCUT2D eigenvalue weighted by Crippen LogP contribution is 2.44. The molecule has 44 heavy (non-hydrogen) atoms. The van der Waals surface area contributed by atoms with Gasteiger partial charge in [0.15, 0.2) is 29.0 Å². The van der Waals surface area contributed by atoms with Crippen LogP contribution in [-0.2, 0) is 46.8 Å². The number of carbonyl (C=O) groups excluding carboxylic acids is 1. The highest BCUT2D eigenvalue weighted by molar-refractivity contribution is 6.70. The lowest BCUT2D eigenvalue weighted by Gasteiger charge is -2.54. The lowest BCUT2D eigenvalue weighted by Crippen LogP contribution is -2.70. The van der Waals surface area contributed by atoms with Crippen LogP contribution in [0.2, 0.25) is 39.3 Å². The van der Waals surface area contributed by atoms with Crippen LogP contribution in [0.5, 0.6) is 0 Å². The van der Waals surface area contributed by atoms with Crippen molar-refractivity contribution in [1.82, 2.24) is 5.32 Å². The Morgan fingerprint density at radius 1 is 1.05 bits per heavy atom. The molecule has 3 heterocycles. The van der Waals surface area contributed by atoms with Gasteiger partial charge in [0.25, 0.3) is 5.91 Å². The number of hydrogen-bond donors (Lipinski definition) is 1. The molecule has 0 bridgehead atoms. The van der Waals surface area contributed by atoms with Gasteiger partial charge in [0.05, 0.1) is 31.0 Å². The minimum atomic E-state index is -2.27. The van der Waals surface area contributed by atoms with Gasteiger partial charge in [0.1, 0.15) is 19.0 Å². The smallest absolute Gasteiger partial charge is 0.255 e. The molecule has 13 heteroatoms. The number of rotatable bonds is 13. The molecule has 3 saturated heterocycles. The van der Waals surface area contributed by atoms with E-state index in [1.54, 1.807) is 21.3 Å². The molecule has 10 atom stereocenters. The monoisotopic (exact) mass is 661 g/mol. The first-order valence-electron chi connectivity index (χ1n) is 15.8. The largest absolute Gasteiger partial charge is 0.415 e. The number of carbonyl (C=O) groups is 1. The maximum Gasteiger partial charge on any atom is 0.255 e. The van der Waals surface area contributed by atoms with Crippen molar-refractivity contribution < 1.29 is 46.8 Å². The van der Waals surface area contributed by atoms with E-state index in [4.69, 9.17) is 42.0 Å². The van der Waals surface area contributed by atoms with E-state index < -0.39 is 58.3 Å². The molecule has 3 rings (SSSR count). The normalized spacial score (nSPS) is 35.9. The lowest BCUT2D eigenvalue weighted by molar-refractivity contribution is -0.333. The molecule has 0 radical (unpaired) electrons. The van der Waals surface area contributed by atoms with Crippen molar-refractivity contribution >= 4 is 22.5 Å². The van der Waals surface area contributed by atoms with E-state index in [0.717, 1.165) is 5.57 Å². The van der Waals surface area contributed by atoms with Crippen LogP contribution >= 0.6 is 0 Å². The lowest BCUT2D eigenvalue weighted by atomic mass is 9.72. The van der Waals surface area contributed by atoms with Crippen LogP contribution in [0.3, 0.4) is 0 Å². The molecule has 3 aliphatic heterocycles. The third-order valence-corrected chi connectivity index (χ3v) is 11.0. The van der Waals surface area contributed by atoms with Crippen LogP contribution in [0.1, 0.15) is 40.5 Å². The van der Waals surface area contributed by atoms with Crippen LogP contribution in [0.15, 0.2) is 12.2 Å². The Kier molecular flexibility index (Phi) is 12.5. The Balaban J connectivity index is 1.89. The van der Waals surface area contributed by atoms with Crippen molar-refractivity contribution in [1.29, 1.82) is 0 Å². The van der Waals surface area contributed by atoms with E-state index in [0.29, 0.717) is 19.4 Å². The third-order valence-electron chi connectivity index (χ3n) is 9.03. The molecule has 0 aromatic heterocycles. The van der Waals surface area contributed by atoms with Crippen molar-refractivity contribution in [2.45, 2.75) is 135 Å². The summed E-state index contributed by atoms with van der Waals surface area (Å²) in [5.74, 6) is -1.64. The second-order valence-corrected chi connectivity index (χ2v) is 24.0. The van der Waals surface area contributed by atoms with E-state index in [2.05, 4.69) is 52.3 Å². The molecule has 1 amide bonds. The predicted molar refractivity (Wildman–Crippen MR) is 172 cm³/mol. The van der Waals surface area contributed by atoms with Crippen molar-refractivity contribution in [2.75, 3.05) is 34.7 Å². The van der Waals surface area contributed by atoms with E-state index >= 15 is 0 Å². The number of amides is 1. The zero-order valence-corrected chi connectivity index (χ0v) is 31.3. The van der Waals surface area contributed by atoms with E-state index in [9.17, 15) is 4.79 Å². The molecule has 11 nitrogen and oxygen atoms in total. The fraction of sp³-hybridized carbons (Fsp3) is 0.903. The van der Waals surface area contributed by atoms with Crippen LogP contribution in [0.25, 0.3) is 0 Å². The minimum absolute atomic E-state index is 0.0301. The van der Waals surface area contributed by atoms with E-state index in [1.807, 2.05) is 26.6 Å². The topological polar surface area (TPSA) is 112 Å². The predicted octanol–water partition coefficient (Wildman–Crippen LogP) is 4.43. The molecule has 0 aromatic rings. The molecule has 0 aromatic carbocycles. The Bertz CT molecular complexity index is 985. The molecule has 1 N–H and O–H groups in total. The molecular weight excluding hydrogens is 603 g/mol. The number of ether oxygens (including phenoxy) is 7. The van der Waals surface area contributed by atoms with Crippen molar-refractivity contribution in [3.8, 4) is 0 Å². The first-order chi connectivity index (χ1) is 20.3. The van der Waals surface area contributed by atoms with Gasteiger partial charge < -0.3 is 47.3 Å². The maximum absolute atomic E-state index is 14.2. The van der Waals surface area contributed by atoms with Gasteiger partial charge in [-0.05, 0) is 46.2 Å². The molecule has 0 saturated carbocycles. The standard InChI is InChI=1S/C31H59NO10Si2/c1-19-16-31(36-8,41-21(3)20(19)2)27(42-44(12,13)14)28(33)32-29-25-24(37-18-38-29)26(35-7)30(4,5)23(40-25)15-22(34-6)17-39-43(9,10)11/h20-27,29H,1,15-18H2,2-14H3,(H,32,33)/t20-,21-,22-,23-,24+,25+,26-,27-,29+,31-/m1/s1. The van der Waals surface area contributed by atoms with Gasteiger partial charge in [-0.1, -0.05) is 32.9 Å². The fourth-order valence-electron chi connectivity index (χ4n) is 6.23. The average Bonchev–Trinajstić information content (AvgIpc) is 2.91. The number of hydrogen-bond acceptors (Lipinski definition) is 10. The second-order valence-electron chi connectivity index (χ2n) is 15.0. The molecule has 3 fully saturated rings. The molecule has 0 unspecified atom stereocenters. The summed E-state index contributed by atoms with van der Waals surface area (Å²) in [6.07, 6.45) is -3.18. The fourth-order valence-corrected chi connectivity index (χ4v) is 7.91. The van der Waals surface area contributed by atoms with Crippen molar-refractivity contribution in [3.63, 3.8) is 0 Å². The Morgan fingerprint density at radius 2 is 1.70 bits per heavy atom. The van der Waals surface area contributed by atoms with E-state index in [1.165, 1.54) is 0 Å². The second kappa shape index (κ2) is 14.6. The summed E-state index contributed by atoms with van der Waals surface area (Å²) >= 11 is 0. The van der Waals surface area contributed by atoms with Gasteiger partial charge in [-0.3, -0.25) is 4.79 Å². The minimum Gasteiger partial charge on any atom is -0.415 e. The zero-order valence-electron chi connectivity index (χ0n) is 29.3. The molecule has 0 aliphatic carbocycles. The summed E-state index contributed by atoms with van der Waals surface area (Å²) in [7, 11) is 0.889. The summed E-state index contributed by atoms with van der Waals surface area (Å²) in [5, 5.41) is 3.08. The Morgan fingerprint density at radius 3 is 2.23 bits per heavy atom. The number of methoxy groups -OCH3 is 3.